The quantitative estimate of drug-likeness (QED) is 0.705. The van der Waals surface area contributed by atoms with E-state index in [-0.39, 0.29) is 6.03 Å². The maximum atomic E-state index is 11.6. The second kappa shape index (κ2) is 9.22. The molecule has 1 heterocycles. The summed E-state index contributed by atoms with van der Waals surface area (Å²) in [5, 5.41) is 5.94. The van der Waals surface area contributed by atoms with Crippen molar-refractivity contribution in [1.82, 2.24) is 15.5 Å². The Morgan fingerprint density at radius 2 is 1.65 bits per heavy atom. The van der Waals surface area contributed by atoms with Gasteiger partial charge in [0, 0.05) is 19.6 Å². The highest BCUT2D eigenvalue weighted by Crippen LogP contribution is 2.28. The van der Waals surface area contributed by atoms with E-state index in [1.54, 1.807) is 0 Å². The summed E-state index contributed by atoms with van der Waals surface area (Å²) in [5.41, 5.74) is 0. The molecule has 116 valence electrons. The highest BCUT2D eigenvalue weighted by molar-refractivity contribution is 5.73. The zero-order valence-corrected chi connectivity index (χ0v) is 12.8. The van der Waals surface area contributed by atoms with Crippen molar-refractivity contribution in [2.24, 2.45) is 5.92 Å². The second-order valence-corrected chi connectivity index (χ2v) is 6.38. The van der Waals surface area contributed by atoms with Crippen molar-refractivity contribution in [3.05, 3.63) is 0 Å². The van der Waals surface area contributed by atoms with Crippen LogP contribution in [0.5, 0.6) is 0 Å². The van der Waals surface area contributed by atoms with Gasteiger partial charge in [-0.15, -0.1) is 0 Å². The van der Waals surface area contributed by atoms with E-state index in [4.69, 9.17) is 0 Å². The summed E-state index contributed by atoms with van der Waals surface area (Å²) < 4.78 is 0. The van der Waals surface area contributed by atoms with Gasteiger partial charge in [0.2, 0.25) is 0 Å². The Balaban J connectivity index is 1.41. The normalized spacial score (nSPS) is 21.0. The number of amides is 2. The average molecular weight is 281 g/mol. The van der Waals surface area contributed by atoms with Gasteiger partial charge in [-0.1, -0.05) is 32.1 Å². The molecule has 0 atom stereocenters. The third-order valence-electron chi connectivity index (χ3n) is 4.71. The number of nitrogens with one attached hydrogen (secondary N) is 2. The molecule has 2 rings (SSSR count). The second-order valence-electron chi connectivity index (χ2n) is 6.38. The Labute approximate surface area is 123 Å². The van der Waals surface area contributed by atoms with Gasteiger partial charge in [0.15, 0.2) is 0 Å². The molecule has 4 nitrogen and oxygen atoms in total. The lowest BCUT2D eigenvalue weighted by Gasteiger charge is -2.26. The highest BCUT2D eigenvalue weighted by Gasteiger charge is 2.14. The average Bonchev–Trinajstić information content (AvgIpc) is 2.98. The molecular weight excluding hydrogens is 250 g/mol. The number of hydrogen-bond donors (Lipinski definition) is 2. The molecule has 1 saturated carbocycles. The number of hydrogen-bond acceptors (Lipinski definition) is 2. The number of rotatable bonds is 7. The summed E-state index contributed by atoms with van der Waals surface area (Å²) in [5.74, 6) is 0.930. The summed E-state index contributed by atoms with van der Waals surface area (Å²) in [6, 6.07) is 0.00781. The summed E-state index contributed by atoms with van der Waals surface area (Å²) in [6.45, 7) is 4.99. The Morgan fingerprint density at radius 3 is 2.40 bits per heavy atom. The van der Waals surface area contributed by atoms with Crippen LogP contribution in [0.15, 0.2) is 0 Å². The first kappa shape index (κ1) is 15.6. The van der Waals surface area contributed by atoms with E-state index in [1.807, 2.05) is 0 Å². The van der Waals surface area contributed by atoms with E-state index < -0.39 is 0 Å². The van der Waals surface area contributed by atoms with Crippen LogP contribution in [0.2, 0.25) is 0 Å². The molecule has 0 spiro atoms. The molecule has 0 unspecified atom stereocenters. The van der Waals surface area contributed by atoms with Crippen LogP contribution in [0, 0.1) is 5.92 Å². The topological polar surface area (TPSA) is 44.4 Å². The number of piperidine rings is 1. The molecule has 2 N–H and O–H groups in total. The molecule has 1 aliphatic heterocycles. The van der Waals surface area contributed by atoms with Crippen LogP contribution >= 0.6 is 0 Å². The molecule has 1 aliphatic carbocycles. The van der Waals surface area contributed by atoms with Gasteiger partial charge in [-0.05, 0) is 44.7 Å². The van der Waals surface area contributed by atoms with E-state index in [0.717, 1.165) is 32.0 Å². The predicted octanol–water partition coefficient (Wildman–Crippen LogP) is 2.74. The van der Waals surface area contributed by atoms with Crippen LogP contribution in [0.25, 0.3) is 0 Å². The van der Waals surface area contributed by atoms with Crippen molar-refractivity contribution in [2.75, 3.05) is 32.7 Å². The summed E-state index contributed by atoms with van der Waals surface area (Å²) in [6.07, 6.45) is 12.0. The fraction of sp³-hybridized carbons (Fsp3) is 0.938. The third kappa shape index (κ3) is 6.12. The van der Waals surface area contributed by atoms with Gasteiger partial charge in [-0.2, -0.15) is 0 Å². The van der Waals surface area contributed by atoms with Crippen molar-refractivity contribution in [2.45, 2.75) is 57.8 Å². The van der Waals surface area contributed by atoms with Gasteiger partial charge in [0.25, 0.3) is 0 Å². The van der Waals surface area contributed by atoms with Crippen LogP contribution in [-0.4, -0.2) is 43.7 Å². The van der Waals surface area contributed by atoms with Crippen molar-refractivity contribution in [1.29, 1.82) is 0 Å². The molecule has 1 saturated heterocycles. The molecule has 2 aliphatic rings. The van der Waals surface area contributed by atoms with E-state index in [9.17, 15) is 4.79 Å². The minimum atomic E-state index is 0.00781. The number of likely N-dealkylation sites (tertiary alicyclic amines) is 1. The first-order valence-electron chi connectivity index (χ1n) is 8.58. The van der Waals surface area contributed by atoms with Gasteiger partial charge in [-0.25, -0.2) is 4.79 Å². The molecule has 0 aromatic heterocycles. The lowest BCUT2D eigenvalue weighted by Crippen LogP contribution is -2.41. The fourth-order valence-electron chi connectivity index (χ4n) is 3.46. The molecule has 0 aromatic rings. The Bertz CT molecular complexity index is 271. The molecular formula is C16H31N3O. The van der Waals surface area contributed by atoms with Gasteiger partial charge in [0.1, 0.15) is 0 Å². The van der Waals surface area contributed by atoms with Gasteiger partial charge in [0.05, 0.1) is 0 Å². The van der Waals surface area contributed by atoms with Crippen LogP contribution in [0.1, 0.15) is 57.8 Å². The standard InChI is InChI=1S/C16H31N3O/c20-16(17-10-6-9-15-7-2-3-8-15)18-11-14-19-12-4-1-5-13-19/h15H,1-14H2,(H2,17,18,20). The van der Waals surface area contributed by atoms with Crippen LogP contribution < -0.4 is 10.6 Å². The maximum Gasteiger partial charge on any atom is 0.314 e. The zero-order valence-electron chi connectivity index (χ0n) is 12.8. The molecule has 20 heavy (non-hydrogen) atoms. The minimum absolute atomic E-state index is 0.00781. The zero-order chi connectivity index (χ0) is 14.0. The first-order chi connectivity index (χ1) is 9.84. The summed E-state index contributed by atoms with van der Waals surface area (Å²) in [7, 11) is 0. The lowest BCUT2D eigenvalue weighted by molar-refractivity contribution is 0.220. The van der Waals surface area contributed by atoms with Crippen molar-refractivity contribution >= 4 is 6.03 Å². The number of nitrogens with zero attached hydrogens (tertiary/aromatic N) is 1. The Hall–Kier alpha value is -0.770. The fourth-order valence-corrected chi connectivity index (χ4v) is 3.46. The van der Waals surface area contributed by atoms with Crippen molar-refractivity contribution < 1.29 is 4.79 Å². The van der Waals surface area contributed by atoms with Crippen LogP contribution in [0.3, 0.4) is 0 Å². The van der Waals surface area contributed by atoms with Gasteiger partial charge >= 0.3 is 6.03 Å². The molecule has 0 aromatic carbocycles. The number of carbonyl (C=O) groups excluding carboxylic acids is 1. The predicted molar refractivity (Wildman–Crippen MR) is 82.9 cm³/mol. The minimum Gasteiger partial charge on any atom is -0.338 e. The summed E-state index contributed by atoms with van der Waals surface area (Å²) in [4.78, 5) is 14.1. The van der Waals surface area contributed by atoms with Crippen LogP contribution in [-0.2, 0) is 0 Å². The van der Waals surface area contributed by atoms with E-state index >= 15 is 0 Å². The number of urea groups is 1. The van der Waals surface area contributed by atoms with Crippen molar-refractivity contribution in [3.63, 3.8) is 0 Å². The molecule has 2 fully saturated rings. The Kier molecular flexibility index (Phi) is 7.20. The van der Waals surface area contributed by atoms with E-state index in [0.29, 0.717) is 0 Å². The van der Waals surface area contributed by atoms with Gasteiger partial charge < -0.3 is 15.5 Å². The lowest BCUT2D eigenvalue weighted by atomic mass is 10.0. The molecule has 2 amide bonds. The molecule has 4 heteroatoms. The number of carbonyl (C=O) groups is 1. The van der Waals surface area contributed by atoms with Crippen molar-refractivity contribution in [3.8, 4) is 0 Å². The maximum absolute atomic E-state index is 11.6. The smallest absolute Gasteiger partial charge is 0.314 e. The monoisotopic (exact) mass is 281 g/mol. The SMILES string of the molecule is O=C(NCCCC1CCCC1)NCCN1CCCCC1. The first-order valence-corrected chi connectivity index (χ1v) is 8.58. The van der Waals surface area contributed by atoms with E-state index in [1.165, 1.54) is 64.5 Å². The third-order valence-corrected chi connectivity index (χ3v) is 4.71. The summed E-state index contributed by atoms with van der Waals surface area (Å²) >= 11 is 0. The highest BCUT2D eigenvalue weighted by atomic mass is 16.2. The van der Waals surface area contributed by atoms with Crippen LogP contribution in [0.4, 0.5) is 4.79 Å². The Morgan fingerprint density at radius 1 is 0.950 bits per heavy atom. The molecule has 0 bridgehead atoms. The van der Waals surface area contributed by atoms with E-state index in [2.05, 4.69) is 15.5 Å². The largest absolute Gasteiger partial charge is 0.338 e. The molecule has 0 radical (unpaired) electrons. The van der Waals surface area contributed by atoms with Gasteiger partial charge in [-0.3, -0.25) is 0 Å².